The number of aliphatic hydroxyl groups excluding tert-OH is 1. The maximum atomic E-state index is 9.90. The Kier molecular flexibility index (Phi) is 4.19. The third-order valence-electron chi connectivity index (χ3n) is 3.97. The van der Waals surface area contributed by atoms with Crippen molar-refractivity contribution in [1.82, 2.24) is 9.80 Å². The Hall–Kier alpha value is -0.160. The van der Waals surface area contributed by atoms with Crippen molar-refractivity contribution >= 4 is 0 Å². The highest BCUT2D eigenvalue weighted by Gasteiger charge is 2.28. The number of nitrogens with zero attached hydrogens (tertiary/aromatic N) is 2. The van der Waals surface area contributed by atoms with Crippen LogP contribution in [0.4, 0.5) is 0 Å². The molecular weight excluding hydrogens is 204 g/mol. The summed E-state index contributed by atoms with van der Waals surface area (Å²) in [6.45, 7) is 8.05. The standard InChI is InChI=1S/C12H24N2O2/c1-10-7-14(5-4-13(10)2)8-11-9-16-6-3-12(11)15/h10-12,15H,3-9H2,1-2H3. The van der Waals surface area contributed by atoms with Crippen LogP contribution < -0.4 is 0 Å². The van der Waals surface area contributed by atoms with Crippen LogP contribution >= 0.6 is 0 Å². The van der Waals surface area contributed by atoms with Gasteiger partial charge >= 0.3 is 0 Å². The molecule has 2 aliphatic heterocycles. The molecule has 3 atom stereocenters. The normalized spacial score (nSPS) is 38.8. The molecule has 0 aromatic heterocycles. The Balaban J connectivity index is 1.80. The molecule has 2 fully saturated rings. The van der Waals surface area contributed by atoms with Crippen molar-refractivity contribution in [3.63, 3.8) is 0 Å². The molecule has 0 spiro atoms. The first-order valence-electron chi connectivity index (χ1n) is 6.35. The zero-order chi connectivity index (χ0) is 11.5. The summed E-state index contributed by atoms with van der Waals surface area (Å²) in [7, 11) is 2.18. The number of rotatable bonds is 2. The van der Waals surface area contributed by atoms with E-state index in [1.165, 1.54) is 0 Å². The Bertz CT molecular complexity index is 225. The molecule has 16 heavy (non-hydrogen) atoms. The zero-order valence-corrected chi connectivity index (χ0v) is 10.4. The molecule has 0 aromatic carbocycles. The first-order chi connectivity index (χ1) is 7.66. The number of likely N-dealkylation sites (N-methyl/N-ethyl adjacent to an activating group) is 1. The number of ether oxygens (including phenoxy) is 1. The van der Waals surface area contributed by atoms with Gasteiger partial charge in [-0.15, -0.1) is 0 Å². The lowest BCUT2D eigenvalue weighted by Crippen LogP contribution is -2.52. The summed E-state index contributed by atoms with van der Waals surface area (Å²) in [5.41, 5.74) is 0. The third-order valence-corrected chi connectivity index (χ3v) is 3.97. The smallest absolute Gasteiger partial charge is 0.0624 e. The van der Waals surface area contributed by atoms with Crippen molar-refractivity contribution in [1.29, 1.82) is 0 Å². The van der Waals surface area contributed by atoms with Gasteiger partial charge in [-0.3, -0.25) is 0 Å². The predicted octanol–water partition coefficient (Wildman–Crippen LogP) is 0.0197. The molecule has 2 rings (SSSR count). The minimum absolute atomic E-state index is 0.163. The van der Waals surface area contributed by atoms with Gasteiger partial charge in [0.15, 0.2) is 0 Å². The van der Waals surface area contributed by atoms with Crippen LogP contribution in [0.5, 0.6) is 0 Å². The van der Waals surface area contributed by atoms with Crippen LogP contribution in [-0.2, 0) is 4.74 Å². The summed E-state index contributed by atoms with van der Waals surface area (Å²) in [5, 5.41) is 9.90. The van der Waals surface area contributed by atoms with Crippen molar-refractivity contribution in [2.75, 3.05) is 46.4 Å². The van der Waals surface area contributed by atoms with E-state index in [2.05, 4.69) is 23.8 Å². The first-order valence-corrected chi connectivity index (χ1v) is 6.35. The molecule has 4 nitrogen and oxygen atoms in total. The minimum Gasteiger partial charge on any atom is -0.393 e. The molecule has 3 unspecified atom stereocenters. The molecular formula is C12H24N2O2. The van der Waals surface area contributed by atoms with E-state index in [0.29, 0.717) is 12.0 Å². The summed E-state index contributed by atoms with van der Waals surface area (Å²) in [4.78, 5) is 4.86. The van der Waals surface area contributed by atoms with Gasteiger partial charge in [0.1, 0.15) is 0 Å². The predicted molar refractivity (Wildman–Crippen MR) is 63.5 cm³/mol. The summed E-state index contributed by atoms with van der Waals surface area (Å²) >= 11 is 0. The average Bonchev–Trinajstić information content (AvgIpc) is 2.27. The van der Waals surface area contributed by atoms with Gasteiger partial charge in [0, 0.05) is 44.7 Å². The van der Waals surface area contributed by atoms with Crippen LogP contribution in [0.2, 0.25) is 0 Å². The summed E-state index contributed by atoms with van der Waals surface area (Å²) in [5.74, 6) is 0.310. The summed E-state index contributed by atoms with van der Waals surface area (Å²) in [6.07, 6.45) is 0.636. The van der Waals surface area contributed by atoms with E-state index in [-0.39, 0.29) is 6.10 Å². The molecule has 94 valence electrons. The zero-order valence-electron chi connectivity index (χ0n) is 10.4. The van der Waals surface area contributed by atoms with Gasteiger partial charge < -0.3 is 19.6 Å². The van der Waals surface area contributed by atoms with Gasteiger partial charge in [-0.2, -0.15) is 0 Å². The highest BCUT2D eigenvalue weighted by molar-refractivity contribution is 4.81. The summed E-state index contributed by atoms with van der Waals surface area (Å²) < 4.78 is 5.44. The number of aliphatic hydroxyl groups is 1. The van der Waals surface area contributed by atoms with Crippen LogP contribution in [0.25, 0.3) is 0 Å². The molecule has 1 N–H and O–H groups in total. The van der Waals surface area contributed by atoms with Gasteiger partial charge in [0.2, 0.25) is 0 Å². The maximum Gasteiger partial charge on any atom is 0.0624 e. The van der Waals surface area contributed by atoms with E-state index in [1.807, 2.05) is 0 Å². The van der Waals surface area contributed by atoms with Gasteiger partial charge in [-0.1, -0.05) is 0 Å². The van der Waals surface area contributed by atoms with E-state index in [9.17, 15) is 5.11 Å². The molecule has 0 saturated carbocycles. The Morgan fingerprint density at radius 1 is 1.38 bits per heavy atom. The quantitative estimate of drug-likeness (QED) is 0.723. The van der Waals surface area contributed by atoms with E-state index in [0.717, 1.165) is 45.8 Å². The Morgan fingerprint density at radius 3 is 2.88 bits per heavy atom. The second-order valence-corrected chi connectivity index (χ2v) is 5.28. The molecule has 0 aromatic rings. The second kappa shape index (κ2) is 5.45. The average molecular weight is 228 g/mol. The monoisotopic (exact) mass is 228 g/mol. The molecule has 2 aliphatic rings. The van der Waals surface area contributed by atoms with Crippen molar-refractivity contribution in [2.45, 2.75) is 25.5 Å². The fourth-order valence-electron chi connectivity index (χ4n) is 2.58. The van der Waals surface area contributed by atoms with Gasteiger partial charge in [0.05, 0.1) is 12.7 Å². The van der Waals surface area contributed by atoms with Crippen LogP contribution in [0.15, 0.2) is 0 Å². The van der Waals surface area contributed by atoms with E-state index in [1.54, 1.807) is 0 Å². The van der Waals surface area contributed by atoms with Gasteiger partial charge in [0.25, 0.3) is 0 Å². The Labute approximate surface area is 98.2 Å². The number of piperazine rings is 1. The molecule has 4 heteroatoms. The number of hydrogen-bond donors (Lipinski definition) is 1. The SMILES string of the molecule is CC1CN(CC2COCCC2O)CCN1C. The van der Waals surface area contributed by atoms with E-state index in [4.69, 9.17) is 4.74 Å². The highest BCUT2D eigenvalue weighted by atomic mass is 16.5. The van der Waals surface area contributed by atoms with E-state index < -0.39 is 0 Å². The van der Waals surface area contributed by atoms with Crippen molar-refractivity contribution in [3.8, 4) is 0 Å². The second-order valence-electron chi connectivity index (χ2n) is 5.28. The molecule has 0 amide bonds. The number of hydrogen-bond acceptors (Lipinski definition) is 4. The largest absolute Gasteiger partial charge is 0.393 e. The lowest BCUT2D eigenvalue weighted by atomic mass is 9.97. The molecule has 2 heterocycles. The summed E-state index contributed by atoms with van der Waals surface area (Å²) in [6, 6.07) is 0.621. The topological polar surface area (TPSA) is 35.9 Å². The fraction of sp³-hybridized carbons (Fsp3) is 1.00. The minimum atomic E-state index is -0.163. The van der Waals surface area contributed by atoms with Crippen LogP contribution in [0.1, 0.15) is 13.3 Å². The van der Waals surface area contributed by atoms with Crippen molar-refractivity contribution in [2.24, 2.45) is 5.92 Å². The first kappa shape index (κ1) is 12.3. The van der Waals surface area contributed by atoms with E-state index >= 15 is 0 Å². The molecule has 0 bridgehead atoms. The molecule has 0 aliphatic carbocycles. The van der Waals surface area contributed by atoms with Crippen molar-refractivity contribution < 1.29 is 9.84 Å². The van der Waals surface area contributed by atoms with Gasteiger partial charge in [-0.05, 0) is 20.4 Å². The lowest BCUT2D eigenvalue weighted by molar-refractivity contribution is -0.0521. The highest BCUT2D eigenvalue weighted by Crippen LogP contribution is 2.17. The van der Waals surface area contributed by atoms with Crippen LogP contribution in [0.3, 0.4) is 0 Å². The Morgan fingerprint density at radius 2 is 2.19 bits per heavy atom. The van der Waals surface area contributed by atoms with Crippen molar-refractivity contribution in [3.05, 3.63) is 0 Å². The molecule has 2 saturated heterocycles. The third kappa shape index (κ3) is 2.94. The van der Waals surface area contributed by atoms with Crippen LogP contribution in [0, 0.1) is 5.92 Å². The molecule has 0 radical (unpaired) electrons. The maximum absolute atomic E-state index is 9.90. The lowest BCUT2D eigenvalue weighted by Gasteiger charge is -2.40. The fourth-order valence-corrected chi connectivity index (χ4v) is 2.58. The van der Waals surface area contributed by atoms with Crippen LogP contribution in [-0.4, -0.2) is 73.5 Å². The van der Waals surface area contributed by atoms with Gasteiger partial charge in [-0.25, -0.2) is 0 Å².